The Hall–Kier alpha value is -0.740. The van der Waals surface area contributed by atoms with Gasteiger partial charge in [-0.1, -0.05) is 0 Å². The highest BCUT2D eigenvalue weighted by Crippen LogP contribution is 2.30. The molecule has 0 N–H and O–H groups in total. The molecule has 0 amide bonds. The first-order valence-corrected chi connectivity index (χ1v) is 4.74. The van der Waals surface area contributed by atoms with Crippen LogP contribution in [-0.2, 0) is 4.74 Å². The van der Waals surface area contributed by atoms with Gasteiger partial charge in [0.05, 0.1) is 4.88 Å². The Morgan fingerprint density at radius 2 is 2.67 bits per heavy atom. The van der Waals surface area contributed by atoms with Crippen LogP contribution in [0.4, 0.5) is 0 Å². The summed E-state index contributed by atoms with van der Waals surface area (Å²) < 4.78 is 5.43. The SMILES string of the molecule is O=Cc1cnc([C@H]2CCCO2)s1. The summed E-state index contributed by atoms with van der Waals surface area (Å²) in [6.07, 6.45) is 4.71. The van der Waals surface area contributed by atoms with Crippen molar-refractivity contribution in [3.63, 3.8) is 0 Å². The van der Waals surface area contributed by atoms with Crippen LogP contribution in [-0.4, -0.2) is 17.9 Å². The van der Waals surface area contributed by atoms with E-state index in [1.807, 2.05) is 0 Å². The van der Waals surface area contributed by atoms with Crippen molar-refractivity contribution in [2.45, 2.75) is 18.9 Å². The van der Waals surface area contributed by atoms with Gasteiger partial charge in [0.15, 0.2) is 6.29 Å². The van der Waals surface area contributed by atoms with E-state index in [0.717, 1.165) is 30.7 Å². The highest BCUT2D eigenvalue weighted by atomic mass is 32.1. The summed E-state index contributed by atoms with van der Waals surface area (Å²) in [6.45, 7) is 0.820. The zero-order valence-electron chi connectivity index (χ0n) is 6.53. The van der Waals surface area contributed by atoms with E-state index in [2.05, 4.69) is 4.98 Å². The average Bonchev–Trinajstić information content (AvgIpc) is 2.75. The molecule has 4 heteroatoms. The Morgan fingerprint density at radius 3 is 3.25 bits per heavy atom. The van der Waals surface area contributed by atoms with Crippen LogP contribution in [0.5, 0.6) is 0 Å². The Bertz CT molecular complexity index is 278. The summed E-state index contributed by atoms with van der Waals surface area (Å²) in [7, 11) is 0. The molecule has 0 saturated carbocycles. The average molecular weight is 183 g/mol. The van der Waals surface area contributed by atoms with Gasteiger partial charge in [-0.15, -0.1) is 11.3 Å². The van der Waals surface area contributed by atoms with E-state index in [1.54, 1.807) is 6.20 Å². The number of ether oxygens (including phenoxy) is 1. The second-order valence-electron chi connectivity index (χ2n) is 2.72. The van der Waals surface area contributed by atoms with Crippen LogP contribution in [0, 0.1) is 0 Å². The molecular formula is C8H9NO2S. The molecule has 0 unspecified atom stereocenters. The zero-order valence-corrected chi connectivity index (χ0v) is 7.34. The van der Waals surface area contributed by atoms with Gasteiger partial charge in [0.25, 0.3) is 0 Å². The van der Waals surface area contributed by atoms with Crippen molar-refractivity contribution in [2.24, 2.45) is 0 Å². The molecule has 1 aliphatic rings. The van der Waals surface area contributed by atoms with Crippen molar-refractivity contribution in [1.82, 2.24) is 4.98 Å². The molecule has 1 saturated heterocycles. The van der Waals surface area contributed by atoms with Gasteiger partial charge < -0.3 is 4.74 Å². The first-order valence-electron chi connectivity index (χ1n) is 3.92. The lowest BCUT2D eigenvalue weighted by Gasteiger charge is -2.02. The first kappa shape index (κ1) is 7.89. The summed E-state index contributed by atoms with van der Waals surface area (Å²) in [5.74, 6) is 0. The Balaban J connectivity index is 2.16. The molecule has 64 valence electrons. The van der Waals surface area contributed by atoms with E-state index in [0.29, 0.717) is 4.88 Å². The van der Waals surface area contributed by atoms with Crippen molar-refractivity contribution in [1.29, 1.82) is 0 Å². The number of hydrogen-bond donors (Lipinski definition) is 0. The maximum atomic E-state index is 10.4. The van der Waals surface area contributed by atoms with Crippen LogP contribution in [0.25, 0.3) is 0 Å². The normalized spacial score (nSPS) is 22.8. The van der Waals surface area contributed by atoms with Crippen LogP contribution < -0.4 is 0 Å². The summed E-state index contributed by atoms with van der Waals surface area (Å²) in [5, 5.41) is 0.939. The second kappa shape index (κ2) is 3.33. The highest BCUT2D eigenvalue weighted by molar-refractivity contribution is 7.13. The van der Waals surface area contributed by atoms with Gasteiger partial charge in [-0.05, 0) is 12.8 Å². The molecule has 0 aliphatic carbocycles. The maximum absolute atomic E-state index is 10.4. The van der Waals surface area contributed by atoms with Gasteiger partial charge in [0.1, 0.15) is 11.1 Å². The Morgan fingerprint density at radius 1 is 1.75 bits per heavy atom. The standard InChI is InChI=1S/C8H9NO2S/c10-5-6-4-9-8(12-6)7-2-1-3-11-7/h4-5,7H,1-3H2/t7-/m1/s1. The number of hydrogen-bond acceptors (Lipinski definition) is 4. The maximum Gasteiger partial charge on any atom is 0.161 e. The van der Waals surface area contributed by atoms with Crippen LogP contribution in [0.15, 0.2) is 6.20 Å². The molecule has 2 rings (SSSR count). The molecule has 12 heavy (non-hydrogen) atoms. The lowest BCUT2D eigenvalue weighted by molar-refractivity contribution is 0.111. The van der Waals surface area contributed by atoms with E-state index >= 15 is 0 Å². The molecule has 0 radical (unpaired) electrons. The quantitative estimate of drug-likeness (QED) is 0.656. The van der Waals surface area contributed by atoms with E-state index in [1.165, 1.54) is 11.3 Å². The van der Waals surface area contributed by atoms with E-state index in [-0.39, 0.29) is 6.10 Å². The lowest BCUT2D eigenvalue weighted by atomic mass is 10.2. The fourth-order valence-electron chi connectivity index (χ4n) is 1.28. The number of rotatable bonds is 2. The third kappa shape index (κ3) is 1.40. The summed E-state index contributed by atoms with van der Waals surface area (Å²) in [6, 6.07) is 0. The molecule has 0 bridgehead atoms. The van der Waals surface area contributed by atoms with Gasteiger partial charge in [0.2, 0.25) is 0 Å². The predicted molar refractivity (Wildman–Crippen MR) is 45.4 cm³/mol. The molecular weight excluding hydrogens is 174 g/mol. The minimum absolute atomic E-state index is 0.142. The van der Waals surface area contributed by atoms with E-state index in [4.69, 9.17) is 4.74 Å². The molecule has 1 aliphatic heterocycles. The highest BCUT2D eigenvalue weighted by Gasteiger charge is 2.20. The van der Waals surface area contributed by atoms with Gasteiger partial charge in [-0.25, -0.2) is 4.98 Å². The fourth-order valence-corrected chi connectivity index (χ4v) is 2.09. The van der Waals surface area contributed by atoms with Crippen LogP contribution >= 0.6 is 11.3 Å². The molecule has 1 aromatic heterocycles. The van der Waals surface area contributed by atoms with Gasteiger partial charge in [-0.2, -0.15) is 0 Å². The van der Waals surface area contributed by atoms with Crippen molar-refractivity contribution < 1.29 is 9.53 Å². The van der Waals surface area contributed by atoms with Crippen molar-refractivity contribution in [3.05, 3.63) is 16.1 Å². The van der Waals surface area contributed by atoms with Crippen molar-refractivity contribution in [2.75, 3.05) is 6.61 Å². The number of thiazole rings is 1. The van der Waals surface area contributed by atoms with Crippen LogP contribution in [0.1, 0.15) is 33.6 Å². The largest absolute Gasteiger partial charge is 0.371 e. The molecule has 3 nitrogen and oxygen atoms in total. The summed E-state index contributed by atoms with van der Waals surface area (Å²) >= 11 is 1.43. The molecule has 0 spiro atoms. The molecule has 0 aromatic carbocycles. The molecule has 2 heterocycles. The van der Waals surface area contributed by atoms with Gasteiger partial charge in [-0.3, -0.25) is 4.79 Å². The first-order chi connectivity index (χ1) is 5.90. The topological polar surface area (TPSA) is 39.2 Å². The molecule has 1 atom stereocenters. The second-order valence-corrected chi connectivity index (χ2v) is 3.81. The molecule has 1 aromatic rings. The van der Waals surface area contributed by atoms with E-state index in [9.17, 15) is 4.79 Å². The third-order valence-corrected chi connectivity index (χ3v) is 2.88. The van der Waals surface area contributed by atoms with Crippen LogP contribution in [0.3, 0.4) is 0 Å². The lowest BCUT2D eigenvalue weighted by Crippen LogP contribution is -1.93. The third-order valence-electron chi connectivity index (χ3n) is 1.86. The van der Waals surface area contributed by atoms with Gasteiger partial charge in [0, 0.05) is 12.8 Å². The van der Waals surface area contributed by atoms with Crippen LogP contribution in [0.2, 0.25) is 0 Å². The summed E-state index contributed by atoms with van der Waals surface area (Å²) in [5.41, 5.74) is 0. The number of nitrogens with zero attached hydrogens (tertiary/aromatic N) is 1. The monoisotopic (exact) mass is 183 g/mol. The van der Waals surface area contributed by atoms with Crippen molar-refractivity contribution in [3.8, 4) is 0 Å². The zero-order chi connectivity index (χ0) is 8.39. The van der Waals surface area contributed by atoms with Crippen molar-refractivity contribution >= 4 is 17.6 Å². The Labute approximate surface area is 74.4 Å². The minimum Gasteiger partial charge on any atom is -0.371 e. The number of aldehydes is 1. The minimum atomic E-state index is 0.142. The van der Waals surface area contributed by atoms with E-state index < -0.39 is 0 Å². The Kier molecular flexibility index (Phi) is 2.19. The van der Waals surface area contributed by atoms with Gasteiger partial charge >= 0.3 is 0 Å². The predicted octanol–water partition coefficient (Wildman–Crippen LogP) is 1.81. The smallest absolute Gasteiger partial charge is 0.161 e. The number of carbonyl (C=O) groups excluding carboxylic acids is 1. The molecule has 1 fully saturated rings. The number of aromatic nitrogens is 1. The number of carbonyl (C=O) groups is 1. The summed E-state index contributed by atoms with van der Waals surface area (Å²) in [4.78, 5) is 15.2. The fraction of sp³-hybridized carbons (Fsp3) is 0.500.